The van der Waals surface area contributed by atoms with Crippen LogP contribution in [0.2, 0.25) is 0 Å². The van der Waals surface area contributed by atoms with E-state index in [0.29, 0.717) is 0 Å². The van der Waals surface area contributed by atoms with Gasteiger partial charge in [0.2, 0.25) is 0 Å². The van der Waals surface area contributed by atoms with Crippen molar-refractivity contribution in [1.29, 1.82) is 0 Å². The summed E-state index contributed by atoms with van der Waals surface area (Å²) < 4.78 is 0. The van der Waals surface area contributed by atoms with Crippen molar-refractivity contribution in [2.75, 3.05) is 0 Å². The molecule has 0 spiro atoms. The third-order valence-electron chi connectivity index (χ3n) is 9.57. The molecule has 0 heterocycles. The molecule has 0 bridgehead atoms. The highest BCUT2D eigenvalue weighted by atomic mass is 14.4. The SMILES string of the molecule is CC1(C)c2cc(-c3cccc(-c4ccc5ccc6cccc7ccc4c5c67)c3)ccc2-c2ccc3ccccc3c21. The monoisotopic (exact) mass is 520 g/mol. The van der Waals surface area contributed by atoms with E-state index in [2.05, 4.69) is 147 Å². The maximum atomic E-state index is 2.44. The second-order valence-electron chi connectivity index (χ2n) is 12.1. The van der Waals surface area contributed by atoms with Gasteiger partial charge in [-0.2, -0.15) is 0 Å². The molecule has 0 N–H and O–H groups in total. The van der Waals surface area contributed by atoms with Gasteiger partial charge in [0.25, 0.3) is 0 Å². The molecule has 8 aromatic carbocycles. The third-order valence-corrected chi connectivity index (χ3v) is 9.57. The van der Waals surface area contributed by atoms with Crippen LogP contribution in [0.3, 0.4) is 0 Å². The van der Waals surface area contributed by atoms with E-state index in [1.807, 2.05) is 0 Å². The normalized spacial score (nSPS) is 13.8. The molecule has 0 unspecified atom stereocenters. The molecule has 9 rings (SSSR count). The van der Waals surface area contributed by atoms with Gasteiger partial charge in [0.1, 0.15) is 0 Å². The van der Waals surface area contributed by atoms with Crippen molar-refractivity contribution in [3.8, 4) is 33.4 Å². The van der Waals surface area contributed by atoms with Crippen molar-refractivity contribution in [2.24, 2.45) is 0 Å². The van der Waals surface area contributed by atoms with Crippen molar-refractivity contribution in [1.82, 2.24) is 0 Å². The molecule has 0 amide bonds. The lowest BCUT2D eigenvalue weighted by Crippen LogP contribution is -2.15. The number of rotatable bonds is 2. The van der Waals surface area contributed by atoms with E-state index in [9.17, 15) is 0 Å². The minimum Gasteiger partial charge on any atom is -0.0616 e. The highest BCUT2D eigenvalue weighted by Crippen LogP contribution is 2.52. The highest BCUT2D eigenvalue weighted by Gasteiger charge is 2.37. The van der Waals surface area contributed by atoms with Crippen molar-refractivity contribution in [3.63, 3.8) is 0 Å². The predicted octanol–water partition coefficient (Wildman–Crippen LogP) is 11.4. The molecule has 0 atom stereocenters. The van der Waals surface area contributed by atoms with E-state index >= 15 is 0 Å². The van der Waals surface area contributed by atoms with Gasteiger partial charge < -0.3 is 0 Å². The molecule has 0 saturated heterocycles. The van der Waals surface area contributed by atoms with E-state index in [-0.39, 0.29) is 5.41 Å². The first-order valence-corrected chi connectivity index (χ1v) is 14.5. The van der Waals surface area contributed by atoms with E-state index in [0.717, 1.165) is 0 Å². The summed E-state index contributed by atoms with van der Waals surface area (Å²) in [4.78, 5) is 0. The minimum atomic E-state index is -0.0643. The first-order chi connectivity index (χ1) is 20.1. The predicted molar refractivity (Wildman–Crippen MR) is 176 cm³/mol. The molecule has 0 aliphatic heterocycles. The Kier molecular flexibility index (Phi) is 4.49. The van der Waals surface area contributed by atoms with Gasteiger partial charge in [-0.25, -0.2) is 0 Å². The van der Waals surface area contributed by atoms with Crippen LogP contribution in [0.4, 0.5) is 0 Å². The second-order valence-corrected chi connectivity index (χ2v) is 12.1. The van der Waals surface area contributed by atoms with Crippen LogP contribution < -0.4 is 0 Å². The number of hydrogen-bond donors (Lipinski definition) is 0. The molecule has 0 radical (unpaired) electrons. The molecule has 41 heavy (non-hydrogen) atoms. The van der Waals surface area contributed by atoms with Crippen LogP contribution in [0.25, 0.3) is 76.5 Å². The Balaban J connectivity index is 1.20. The number of fused-ring (bicyclic) bond motifs is 5. The average molecular weight is 521 g/mol. The number of hydrogen-bond acceptors (Lipinski definition) is 0. The average Bonchev–Trinajstić information content (AvgIpc) is 3.26. The fraction of sp³-hybridized carbons (Fsp3) is 0.0732. The summed E-state index contributed by atoms with van der Waals surface area (Å²) in [5.41, 5.74) is 10.6. The summed E-state index contributed by atoms with van der Waals surface area (Å²) in [5.74, 6) is 0. The zero-order chi connectivity index (χ0) is 27.3. The van der Waals surface area contributed by atoms with Gasteiger partial charge in [-0.1, -0.05) is 135 Å². The van der Waals surface area contributed by atoms with E-state index in [4.69, 9.17) is 0 Å². The standard InChI is InChI=1S/C41H28/c1-41(2)37-24-30(18-20-34(37)36-22-15-25-7-3-4-12-33(25)40(36)41)29-10-6-11-31(23-29)32-19-16-28-14-13-26-8-5-9-27-17-21-35(32)39(28)38(26)27/h3-24H,1-2H3. The molecule has 0 aromatic heterocycles. The van der Waals surface area contributed by atoms with E-state index < -0.39 is 0 Å². The molecule has 0 saturated carbocycles. The van der Waals surface area contributed by atoms with Gasteiger partial charge in [-0.15, -0.1) is 0 Å². The molecule has 1 aliphatic carbocycles. The molecule has 8 aromatic rings. The smallest absolute Gasteiger partial charge is 0.0165 e. The summed E-state index contributed by atoms with van der Waals surface area (Å²) >= 11 is 0. The lowest BCUT2D eigenvalue weighted by Gasteiger charge is -2.23. The first kappa shape index (κ1) is 22.8. The largest absolute Gasteiger partial charge is 0.0616 e. The summed E-state index contributed by atoms with van der Waals surface area (Å²) in [5, 5.41) is 10.7. The lowest BCUT2D eigenvalue weighted by atomic mass is 9.79. The summed E-state index contributed by atoms with van der Waals surface area (Å²) in [6, 6.07) is 49.9. The maximum Gasteiger partial charge on any atom is 0.0165 e. The minimum absolute atomic E-state index is 0.0643. The van der Waals surface area contributed by atoms with Crippen molar-refractivity contribution < 1.29 is 0 Å². The molecule has 1 aliphatic rings. The Hall–Kier alpha value is -4.94. The van der Waals surface area contributed by atoms with Crippen molar-refractivity contribution >= 4 is 43.1 Å². The van der Waals surface area contributed by atoms with Crippen LogP contribution in [0.15, 0.2) is 133 Å². The topological polar surface area (TPSA) is 0 Å². The summed E-state index contributed by atoms with van der Waals surface area (Å²) in [6.45, 7) is 4.77. The zero-order valence-corrected chi connectivity index (χ0v) is 23.2. The zero-order valence-electron chi connectivity index (χ0n) is 23.2. The van der Waals surface area contributed by atoms with Gasteiger partial charge in [-0.05, 0) is 99.7 Å². The molecule has 0 fully saturated rings. The van der Waals surface area contributed by atoms with Crippen molar-refractivity contribution in [2.45, 2.75) is 19.3 Å². The van der Waals surface area contributed by atoms with E-state index in [1.165, 1.54) is 87.6 Å². The van der Waals surface area contributed by atoms with E-state index in [1.54, 1.807) is 0 Å². The summed E-state index contributed by atoms with van der Waals surface area (Å²) in [6.07, 6.45) is 0. The summed E-state index contributed by atoms with van der Waals surface area (Å²) in [7, 11) is 0. The van der Waals surface area contributed by atoms with Gasteiger partial charge in [0.15, 0.2) is 0 Å². The first-order valence-electron chi connectivity index (χ1n) is 14.5. The van der Waals surface area contributed by atoms with Crippen LogP contribution in [0, 0.1) is 0 Å². The van der Waals surface area contributed by atoms with Gasteiger partial charge in [-0.3, -0.25) is 0 Å². The van der Waals surface area contributed by atoms with Crippen LogP contribution in [-0.2, 0) is 5.41 Å². The Morgan fingerprint density at radius 2 is 1.00 bits per heavy atom. The Morgan fingerprint density at radius 1 is 0.390 bits per heavy atom. The molecular formula is C41H28. The highest BCUT2D eigenvalue weighted by molar-refractivity contribution is 6.25. The Morgan fingerprint density at radius 3 is 1.88 bits per heavy atom. The van der Waals surface area contributed by atoms with Gasteiger partial charge in [0, 0.05) is 5.41 Å². The molecule has 0 nitrogen and oxygen atoms in total. The van der Waals surface area contributed by atoms with Gasteiger partial charge in [0.05, 0.1) is 0 Å². The quantitative estimate of drug-likeness (QED) is 0.199. The van der Waals surface area contributed by atoms with Gasteiger partial charge >= 0.3 is 0 Å². The molecular weight excluding hydrogens is 492 g/mol. The van der Waals surface area contributed by atoms with Crippen LogP contribution >= 0.6 is 0 Å². The van der Waals surface area contributed by atoms with Crippen LogP contribution in [-0.4, -0.2) is 0 Å². The lowest BCUT2D eigenvalue weighted by molar-refractivity contribution is 0.666. The van der Waals surface area contributed by atoms with Crippen LogP contribution in [0.5, 0.6) is 0 Å². The van der Waals surface area contributed by atoms with Crippen LogP contribution in [0.1, 0.15) is 25.0 Å². The molecule has 0 heteroatoms. The third kappa shape index (κ3) is 3.11. The Labute approximate surface area is 239 Å². The fourth-order valence-electron chi connectivity index (χ4n) is 7.63. The second kappa shape index (κ2) is 8.05. The van der Waals surface area contributed by atoms with Crippen molar-refractivity contribution in [3.05, 3.63) is 145 Å². The fourth-order valence-corrected chi connectivity index (χ4v) is 7.63. The number of benzene rings is 8. The Bertz CT molecular complexity index is 2320. The maximum absolute atomic E-state index is 2.44. The molecule has 192 valence electrons.